The first-order valence-electron chi connectivity index (χ1n) is 7.94. The van der Waals surface area contributed by atoms with Crippen molar-refractivity contribution in [2.24, 2.45) is 5.73 Å². The van der Waals surface area contributed by atoms with Gasteiger partial charge in [0.15, 0.2) is 0 Å². The Morgan fingerprint density at radius 1 is 1.05 bits per heavy atom. The van der Waals surface area contributed by atoms with Gasteiger partial charge in [0, 0.05) is 32.7 Å². The van der Waals surface area contributed by atoms with Crippen LogP contribution in [0.15, 0.2) is 0 Å². The minimum Gasteiger partial charge on any atom is -0.356 e. The van der Waals surface area contributed by atoms with Gasteiger partial charge in [0.05, 0.1) is 5.92 Å². The second-order valence-electron chi connectivity index (χ2n) is 5.61. The van der Waals surface area contributed by atoms with Crippen LogP contribution in [0, 0.1) is 31.6 Å². The lowest BCUT2D eigenvalue weighted by atomic mass is 10.1. The molecule has 2 aliphatic rings. The van der Waals surface area contributed by atoms with Crippen molar-refractivity contribution < 1.29 is 4.79 Å². The Labute approximate surface area is 129 Å². The molecule has 0 spiro atoms. The first kappa shape index (κ1) is 16.7. The van der Waals surface area contributed by atoms with Gasteiger partial charge in [-0.15, -0.1) is 0 Å². The zero-order chi connectivity index (χ0) is 14.9. The molecule has 0 aromatic heterocycles. The monoisotopic (exact) mass is 291 g/mol. The molecule has 1 saturated heterocycles. The highest BCUT2D eigenvalue weighted by Gasteiger charge is 2.24. The van der Waals surface area contributed by atoms with Crippen molar-refractivity contribution in [2.75, 3.05) is 52.4 Å². The average Bonchev–Trinajstić information content (AvgIpc) is 3.05. The Bertz CT molecular complexity index is 297. The molecule has 2 rings (SSSR count). The summed E-state index contributed by atoms with van der Waals surface area (Å²) in [5.41, 5.74) is 5.54. The highest BCUT2D eigenvalue weighted by Crippen LogP contribution is 2.22. The van der Waals surface area contributed by atoms with Crippen molar-refractivity contribution in [2.45, 2.75) is 12.8 Å². The van der Waals surface area contributed by atoms with Crippen LogP contribution in [0.5, 0.6) is 0 Å². The number of nitrogens with two attached hydrogens (primary N) is 1. The SMILES string of the molecule is NCCCN1CCN(CCCNC(=O)[C]2[CH][CH][CH][CH]2)CC1. The molecule has 1 saturated carbocycles. The number of carbonyl (C=O) groups is 1. The van der Waals surface area contributed by atoms with Gasteiger partial charge in [0.2, 0.25) is 5.91 Å². The van der Waals surface area contributed by atoms with Crippen LogP contribution in [0.3, 0.4) is 0 Å². The van der Waals surface area contributed by atoms with Crippen molar-refractivity contribution in [3.05, 3.63) is 31.6 Å². The molecule has 117 valence electrons. The highest BCUT2D eigenvalue weighted by atomic mass is 16.1. The van der Waals surface area contributed by atoms with Crippen LogP contribution in [-0.2, 0) is 4.79 Å². The second-order valence-corrected chi connectivity index (χ2v) is 5.61. The Hall–Kier alpha value is -0.650. The minimum atomic E-state index is 0.0339. The van der Waals surface area contributed by atoms with Gasteiger partial charge in [-0.25, -0.2) is 0 Å². The molecule has 1 heterocycles. The largest absolute Gasteiger partial charge is 0.356 e. The maximum Gasteiger partial charge on any atom is 0.227 e. The van der Waals surface area contributed by atoms with Gasteiger partial charge in [0.1, 0.15) is 0 Å². The summed E-state index contributed by atoms with van der Waals surface area (Å²) in [6, 6.07) is 0. The molecule has 21 heavy (non-hydrogen) atoms. The molecule has 1 aliphatic carbocycles. The fourth-order valence-corrected chi connectivity index (χ4v) is 2.68. The number of hydrogen-bond acceptors (Lipinski definition) is 4. The summed E-state index contributed by atoms with van der Waals surface area (Å²) in [5, 5.41) is 2.97. The van der Waals surface area contributed by atoms with E-state index in [4.69, 9.17) is 5.73 Å². The third kappa shape index (κ3) is 5.93. The molecule has 5 nitrogen and oxygen atoms in total. The topological polar surface area (TPSA) is 61.6 Å². The molecule has 0 bridgehead atoms. The number of piperazine rings is 1. The predicted octanol–water partition coefficient (Wildman–Crippen LogP) is -0.136. The van der Waals surface area contributed by atoms with Crippen molar-refractivity contribution in [3.8, 4) is 0 Å². The molecule has 5 heteroatoms. The van der Waals surface area contributed by atoms with Crippen LogP contribution in [0.4, 0.5) is 0 Å². The summed E-state index contributed by atoms with van der Waals surface area (Å²) in [6.45, 7) is 8.25. The quantitative estimate of drug-likeness (QED) is 0.611. The third-order valence-corrected chi connectivity index (χ3v) is 4.00. The van der Waals surface area contributed by atoms with Crippen LogP contribution < -0.4 is 11.1 Å². The lowest BCUT2D eigenvalue weighted by Crippen LogP contribution is -2.47. The van der Waals surface area contributed by atoms with Crippen molar-refractivity contribution in [1.29, 1.82) is 0 Å². The summed E-state index contributed by atoms with van der Waals surface area (Å²) in [5.74, 6) is 0.787. The Morgan fingerprint density at radius 2 is 1.62 bits per heavy atom. The average molecular weight is 291 g/mol. The molecule has 1 amide bonds. The summed E-state index contributed by atoms with van der Waals surface area (Å²) < 4.78 is 0. The Balaban J connectivity index is 1.49. The number of carbonyl (C=O) groups excluding carboxylic acids is 1. The lowest BCUT2D eigenvalue weighted by Gasteiger charge is -2.34. The summed E-state index contributed by atoms with van der Waals surface area (Å²) in [7, 11) is 0. The number of nitrogens with zero attached hydrogens (tertiary/aromatic N) is 2. The van der Waals surface area contributed by atoms with Crippen LogP contribution in [0.2, 0.25) is 0 Å². The van der Waals surface area contributed by atoms with Gasteiger partial charge in [-0.2, -0.15) is 0 Å². The zero-order valence-corrected chi connectivity index (χ0v) is 12.8. The van der Waals surface area contributed by atoms with Crippen molar-refractivity contribution in [1.82, 2.24) is 15.1 Å². The van der Waals surface area contributed by atoms with Gasteiger partial charge in [-0.1, -0.05) is 0 Å². The van der Waals surface area contributed by atoms with Crippen LogP contribution in [0.1, 0.15) is 12.8 Å². The van der Waals surface area contributed by atoms with E-state index in [1.165, 1.54) is 0 Å². The summed E-state index contributed by atoms with van der Waals surface area (Å²) in [4.78, 5) is 16.7. The first-order chi connectivity index (χ1) is 10.3. The standard InChI is InChI=1S/C16H27N4O/c17-7-3-9-19-11-13-20(14-12-19)10-4-8-18-16(21)15-5-1-2-6-15/h1-2,5-6H,3-4,7-14,17H2,(H,18,21). The second kappa shape index (κ2) is 9.38. The molecule has 0 unspecified atom stereocenters. The van der Waals surface area contributed by atoms with Gasteiger partial charge in [0.25, 0.3) is 0 Å². The fraction of sp³-hybridized carbons (Fsp3) is 0.625. The van der Waals surface area contributed by atoms with E-state index >= 15 is 0 Å². The molecule has 3 N–H and O–H groups in total. The van der Waals surface area contributed by atoms with Crippen LogP contribution in [-0.4, -0.2) is 68.1 Å². The first-order valence-corrected chi connectivity index (χ1v) is 7.94. The van der Waals surface area contributed by atoms with E-state index in [-0.39, 0.29) is 5.91 Å². The maximum atomic E-state index is 11.8. The Kier molecular flexibility index (Phi) is 7.47. The summed E-state index contributed by atoms with van der Waals surface area (Å²) in [6.07, 6.45) is 9.56. The number of rotatable bonds is 8. The van der Waals surface area contributed by atoms with Crippen LogP contribution >= 0.6 is 0 Å². The van der Waals surface area contributed by atoms with E-state index in [0.717, 1.165) is 71.1 Å². The molecule has 0 atom stereocenters. The number of hydrogen-bond donors (Lipinski definition) is 2. The van der Waals surface area contributed by atoms with E-state index in [1.807, 2.05) is 25.7 Å². The van der Waals surface area contributed by atoms with E-state index in [2.05, 4.69) is 15.1 Å². The van der Waals surface area contributed by atoms with Crippen molar-refractivity contribution in [3.63, 3.8) is 0 Å². The van der Waals surface area contributed by atoms with Gasteiger partial charge >= 0.3 is 0 Å². The predicted molar refractivity (Wildman–Crippen MR) is 84.6 cm³/mol. The van der Waals surface area contributed by atoms with E-state index in [0.29, 0.717) is 0 Å². The number of amides is 1. The fourth-order valence-electron chi connectivity index (χ4n) is 2.68. The third-order valence-electron chi connectivity index (χ3n) is 4.00. The van der Waals surface area contributed by atoms with Crippen LogP contribution in [0.25, 0.3) is 0 Å². The van der Waals surface area contributed by atoms with Crippen molar-refractivity contribution >= 4 is 5.91 Å². The van der Waals surface area contributed by atoms with E-state index < -0.39 is 0 Å². The van der Waals surface area contributed by atoms with Gasteiger partial charge in [-0.3, -0.25) is 4.79 Å². The van der Waals surface area contributed by atoms with Gasteiger partial charge in [-0.05, 0) is 58.2 Å². The normalized spacial score (nSPS) is 21.8. The molecule has 5 radical (unpaired) electrons. The van der Waals surface area contributed by atoms with E-state index in [9.17, 15) is 4.79 Å². The summed E-state index contributed by atoms with van der Waals surface area (Å²) >= 11 is 0. The lowest BCUT2D eigenvalue weighted by molar-refractivity contribution is -0.118. The number of nitrogens with one attached hydrogen (secondary N) is 1. The molecule has 0 aromatic rings. The minimum absolute atomic E-state index is 0.0339. The highest BCUT2D eigenvalue weighted by molar-refractivity contribution is 5.95. The maximum absolute atomic E-state index is 11.8. The molecular formula is C16H27N4O. The Morgan fingerprint density at radius 3 is 2.19 bits per heavy atom. The van der Waals surface area contributed by atoms with E-state index in [1.54, 1.807) is 0 Å². The van der Waals surface area contributed by atoms with Gasteiger partial charge < -0.3 is 20.9 Å². The molecular weight excluding hydrogens is 264 g/mol. The molecule has 0 aromatic carbocycles. The zero-order valence-electron chi connectivity index (χ0n) is 12.8. The smallest absolute Gasteiger partial charge is 0.227 e. The molecule has 1 aliphatic heterocycles. The molecule has 2 fully saturated rings.